The first-order valence-corrected chi connectivity index (χ1v) is 5.09. The zero-order valence-electron chi connectivity index (χ0n) is 8.38. The molecule has 0 radical (unpaired) electrons. The van der Waals surface area contributed by atoms with Crippen LogP contribution in [-0.2, 0) is 0 Å². The first kappa shape index (κ1) is 11.9. The lowest BCUT2D eigenvalue weighted by atomic mass is 9.96. The van der Waals surface area contributed by atoms with Crippen LogP contribution in [0.5, 0.6) is 0 Å². The number of hydrogen-bond donors (Lipinski definition) is 0. The fraction of sp³-hybridized carbons (Fsp3) is 1.00. The molecule has 0 aromatic rings. The van der Waals surface area contributed by atoms with E-state index >= 15 is 0 Å². The number of nitrogens with zero attached hydrogens (tertiary/aromatic N) is 1. The molecule has 1 heterocycles. The minimum atomic E-state index is 0. The molecule has 0 bridgehead atoms. The molecule has 0 aromatic carbocycles. The predicted octanol–water partition coefficient (Wildman–Crippen LogP) is 2.67. The minimum Gasteiger partial charge on any atom is -0.303 e. The van der Waals surface area contributed by atoms with Crippen LogP contribution in [0, 0.1) is 5.92 Å². The summed E-state index contributed by atoms with van der Waals surface area (Å²) in [5.74, 6) is 0.996. The maximum absolute atomic E-state index is 2.62. The van der Waals surface area contributed by atoms with E-state index in [1.165, 1.54) is 45.3 Å². The summed E-state index contributed by atoms with van der Waals surface area (Å²) in [5.41, 5.74) is 0. The van der Waals surface area contributed by atoms with Crippen LogP contribution in [0.3, 0.4) is 0 Å². The molecule has 74 valence electrons. The highest BCUT2D eigenvalue weighted by atomic mass is 19.0. The van der Waals surface area contributed by atoms with Gasteiger partial charge in [-0.15, -0.1) is 0 Å². The molecule has 0 aromatic heterocycles. The molecule has 1 nitrogen and oxygen atoms in total. The minimum absolute atomic E-state index is 0. The van der Waals surface area contributed by atoms with E-state index in [0.717, 1.165) is 5.92 Å². The topological polar surface area (TPSA) is 3.24 Å². The van der Waals surface area contributed by atoms with Crippen LogP contribution in [0.4, 0.5) is 4.70 Å². The zero-order valence-corrected chi connectivity index (χ0v) is 8.38. The fourth-order valence-electron chi connectivity index (χ4n) is 2.00. The third-order valence-corrected chi connectivity index (χ3v) is 2.72. The van der Waals surface area contributed by atoms with Gasteiger partial charge in [-0.3, -0.25) is 4.70 Å². The Labute approximate surface area is 75.5 Å². The van der Waals surface area contributed by atoms with E-state index in [2.05, 4.69) is 18.7 Å². The van der Waals surface area contributed by atoms with Crippen LogP contribution < -0.4 is 0 Å². The number of likely N-dealkylation sites (tertiary alicyclic amines) is 1. The molecule has 0 aliphatic carbocycles. The number of halogens is 1. The SMILES string of the molecule is CCCN1CCCC(CC)C1.F. The molecule has 1 unspecified atom stereocenters. The van der Waals surface area contributed by atoms with Crippen molar-refractivity contribution in [2.24, 2.45) is 5.92 Å². The largest absolute Gasteiger partial charge is 0.303 e. The maximum Gasteiger partial charge on any atom is 0.000956 e. The van der Waals surface area contributed by atoms with E-state index in [-0.39, 0.29) is 4.70 Å². The van der Waals surface area contributed by atoms with Crippen molar-refractivity contribution in [3.05, 3.63) is 0 Å². The third-order valence-electron chi connectivity index (χ3n) is 2.72. The fourth-order valence-corrected chi connectivity index (χ4v) is 2.00. The van der Waals surface area contributed by atoms with Gasteiger partial charge in [-0.2, -0.15) is 0 Å². The monoisotopic (exact) mass is 175 g/mol. The van der Waals surface area contributed by atoms with E-state index in [4.69, 9.17) is 0 Å². The van der Waals surface area contributed by atoms with Gasteiger partial charge in [0.15, 0.2) is 0 Å². The molecule has 0 spiro atoms. The molecule has 1 atom stereocenters. The standard InChI is InChI=1S/C10H21N.FH/c1-3-7-11-8-5-6-10(4-2)9-11;/h10H,3-9H2,1-2H3;1H. The molecule has 0 N–H and O–H groups in total. The first-order valence-electron chi connectivity index (χ1n) is 5.09. The summed E-state index contributed by atoms with van der Waals surface area (Å²) in [5, 5.41) is 0. The highest BCUT2D eigenvalue weighted by molar-refractivity contribution is 4.71. The molecule has 1 aliphatic heterocycles. The first-order chi connectivity index (χ1) is 5.36. The Balaban J connectivity index is 0.00000121. The van der Waals surface area contributed by atoms with Crippen LogP contribution in [0.25, 0.3) is 0 Å². The second-order valence-corrected chi connectivity index (χ2v) is 3.72. The number of piperidine rings is 1. The van der Waals surface area contributed by atoms with Gasteiger partial charge < -0.3 is 4.90 Å². The number of rotatable bonds is 3. The van der Waals surface area contributed by atoms with E-state index in [1.54, 1.807) is 0 Å². The summed E-state index contributed by atoms with van der Waals surface area (Å²) in [6, 6.07) is 0. The summed E-state index contributed by atoms with van der Waals surface area (Å²) in [6.07, 6.45) is 5.59. The molecule has 1 fully saturated rings. The van der Waals surface area contributed by atoms with E-state index < -0.39 is 0 Å². The summed E-state index contributed by atoms with van der Waals surface area (Å²) < 4.78 is 0. The Morgan fingerprint density at radius 1 is 1.33 bits per heavy atom. The molecule has 2 heteroatoms. The normalized spacial score (nSPS) is 25.0. The van der Waals surface area contributed by atoms with E-state index in [1.807, 2.05) is 0 Å². The molecule has 0 saturated carbocycles. The van der Waals surface area contributed by atoms with Crippen molar-refractivity contribution in [2.75, 3.05) is 19.6 Å². The number of hydrogen-bond acceptors (Lipinski definition) is 1. The Bertz CT molecular complexity index is 104. The Hall–Kier alpha value is -0.110. The van der Waals surface area contributed by atoms with Crippen LogP contribution >= 0.6 is 0 Å². The Kier molecular flexibility index (Phi) is 6.35. The molecule has 1 rings (SSSR count). The Morgan fingerprint density at radius 2 is 2.08 bits per heavy atom. The maximum atomic E-state index is 2.62. The van der Waals surface area contributed by atoms with Gasteiger partial charge in [0.2, 0.25) is 0 Å². The molecule has 1 saturated heterocycles. The molecule has 0 amide bonds. The van der Waals surface area contributed by atoms with Crippen molar-refractivity contribution >= 4 is 0 Å². The summed E-state index contributed by atoms with van der Waals surface area (Å²) in [6.45, 7) is 8.63. The third kappa shape index (κ3) is 3.53. The van der Waals surface area contributed by atoms with Crippen molar-refractivity contribution in [3.8, 4) is 0 Å². The van der Waals surface area contributed by atoms with Crippen LogP contribution in [-0.4, -0.2) is 24.5 Å². The van der Waals surface area contributed by atoms with Crippen molar-refractivity contribution < 1.29 is 4.70 Å². The van der Waals surface area contributed by atoms with Gasteiger partial charge in [-0.1, -0.05) is 20.3 Å². The van der Waals surface area contributed by atoms with Crippen molar-refractivity contribution in [1.82, 2.24) is 4.90 Å². The van der Waals surface area contributed by atoms with Gasteiger partial charge in [-0.25, -0.2) is 0 Å². The van der Waals surface area contributed by atoms with E-state index in [0.29, 0.717) is 0 Å². The molecular formula is C10H22FN. The zero-order chi connectivity index (χ0) is 8.10. The quantitative estimate of drug-likeness (QED) is 0.637. The smallest absolute Gasteiger partial charge is 0.000956 e. The van der Waals surface area contributed by atoms with E-state index in [9.17, 15) is 0 Å². The van der Waals surface area contributed by atoms with Crippen LogP contribution in [0.1, 0.15) is 39.5 Å². The van der Waals surface area contributed by atoms with Gasteiger partial charge in [0.1, 0.15) is 0 Å². The van der Waals surface area contributed by atoms with Crippen molar-refractivity contribution in [1.29, 1.82) is 0 Å². The molecular weight excluding hydrogens is 153 g/mol. The average molecular weight is 175 g/mol. The second-order valence-electron chi connectivity index (χ2n) is 3.72. The summed E-state index contributed by atoms with van der Waals surface area (Å²) in [7, 11) is 0. The van der Waals surface area contributed by atoms with Gasteiger partial charge >= 0.3 is 0 Å². The van der Waals surface area contributed by atoms with Crippen molar-refractivity contribution in [2.45, 2.75) is 39.5 Å². The lowest BCUT2D eigenvalue weighted by Gasteiger charge is -2.31. The lowest BCUT2D eigenvalue weighted by molar-refractivity contribution is 0.172. The lowest BCUT2D eigenvalue weighted by Crippen LogP contribution is -2.35. The van der Waals surface area contributed by atoms with Crippen molar-refractivity contribution in [3.63, 3.8) is 0 Å². The highest BCUT2D eigenvalue weighted by Crippen LogP contribution is 2.18. The summed E-state index contributed by atoms with van der Waals surface area (Å²) >= 11 is 0. The van der Waals surface area contributed by atoms with Gasteiger partial charge in [-0.05, 0) is 38.3 Å². The second kappa shape index (κ2) is 6.41. The Morgan fingerprint density at radius 3 is 2.67 bits per heavy atom. The average Bonchev–Trinajstić information content (AvgIpc) is 2.06. The molecule has 12 heavy (non-hydrogen) atoms. The van der Waals surface area contributed by atoms with Crippen LogP contribution in [0.2, 0.25) is 0 Å². The van der Waals surface area contributed by atoms with Crippen LogP contribution in [0.15, 0.2) is 0 Å². The highest BCUT2D eigenvalue weighted by Gasteiger charge is 2.16. The van der Waals surface area contributed by atoms with Gasteiger partial charge in [0.25, 0.3) is 0 Å². The van der Waals surface area contributed by atoms with Gasteiger partial charge in [0, 0.05) is 6.54 Å². The molecule has 1 aliphatic rings. The van der Waals surface area contributed by atoms with Gasteiger partial charge in [0.05, 0.1) is 0 Å². The predicted molar refractivity (Wildman–Crippen MR) is 52.2 cm³/mol. The summed E-state index contributed by atoms with van der Waals surface area (Å²) in [4.78, 5) is 2.62.